The lowest BCUT2D eigenvalue weighted by molar-refractivity contribution is -0.166. The normalized spacial score (nSPS) is 36.3. The van der Waals surface area contributed by atoms with Crippen molar-refractivity contribution >= 4 is 6.29 Å². The van der Waals surface area contributed by atoms with Crippen LogP contribution >= 0.6 is 0 Å². The molecule has 1 aromatic rings. The molecule has 1 aromatic carbocycles. The van der Waals surface area contributed by atoms with Crippen molar-refractivity contribution in [1.29, 1.82) is 0 Å². The number of aromatic hydroxyl groups is 2. The van der Waals surface area contributed by atoms with Crippen LogP contribution in [0.2, 0.25) is 0 Å². The topological polar surface area (TPSA) is 77.8 Å². The summed E-state index contributed by atoms with van der Waals surface area (Å²) in [5.41, 5.74) is -0.119. The number of carbonyl (C=O) groups excluding carboxylic acids is 1. The van der Waals surface area contributed by atoms with E-state index in [1.807, 2.05) is 6.92 Å². The standard InChI is InChI=1S/C22H32O4/c1-20(2)9-5-10-21(3)18(20)8-11-22(4,26)19(21)12-14-15(13-23)17(25)7-6-16(14)24/h6-7,13,18-19,24-26H,5,8-12H2,1-4H3/t18?,19-,21+,22-/m1/s1. The first-order valence-electron chi connectivity index (χ1n) is 9.74. The molecule has 0 saturated heterocycles. The average molecular weight is 360 g/mol. The average Bonchev–Trinajstić information content (AvgIpc) is 2.53. The van der Waals surface area contributed by atoms with Crippen LogP contribution in [0.1, 0.15) is 75.7 Å². The third kappa shape index (κ3) is 2.92. The van der Waals surface area contributed by atoms with Crippen molar-refractivity contribution in [2.75, 3.05) is 0 Å². The van der Waals surface area contributed by atoms with Gasteiger partial charge in [0.2, 0.25) is 0 Å². The van der Waals surface area contributed by atoms with Gasteiger partial charge in [-0.3, -0.25) is 4.79 Å². The van der Waals surface area contributed by atoms with Crippen LogP contribution in [0.5, 0.6) is 11.5 Å². The highest BCUT2D eigenvalue weighted by Crippen LogP contribution is 2.62. The number of aliphatic hydroxyl groups is 1. The van der Waals surface area contributed by atoms with Gasteiger partial charge in [-0.15, -0.1) is 0 Å². The maximum absolute atomic E-state index is 11.5. The third-order valence-electron chi connectivity index (χ3n) is 7.60. The van der Waals surface area contributed by atoms with Gasteiger partial charge in [-0.05, 0) is 73.8 Å². The summed E-state index contributed by atoms with van der Waals surface area (Å²) in [6.07, 6.45) is 6.07. The van der Waals surface area contributed by atoms with Gasteiger partial charge in [0.15, 0.2) is 6.29 Å². The van der Waals surface area contributed by atoms with Crippen molar-refractivity contribution in [2.45, 2.75) is 71.8 Å². The Bertz CT molecular complexity index is 706. The number of rotatable bonds is 3. The first kappa shape index (κ1) is 19.2. The molecule has 0 aliphatic heterocycles. The Hall–Kier alpha value is -1.55. The Kier molecular flexibility index (Phi) is 4.63. The van der Waals surface area contributed by atoms with Gasteiger partial charge in [-0.2, -0.15) is 0 Å². The van der Waals surface area contributed by atoms with Crippen LogP contribution in [0, 0.1) is 22.7 Å². The maximum Gasteiger partial charge on any atom is 0.154 e. The second-order valence-electron chi connectivity index (χ2n) is 9.67. The molecule has 4 atom stereocenters. The Balaban J connectivity index is 2.07. The lowest BCUT2D eigenvalue weighted by atomic mass is 9.45. The number of hydrogen-bond donors (Lipinski definition) is 3. The summed E-state index contributed by atoms with van der Waals surface area (Å²) >= 11 is 0. The van der Waals surface area contributed by atoms with Gasteiger partial charge in [-0.25, -0.2) is 0 Å². The van der Waals surface area contributed by atoms with E-state index in [1.54, 1.807) is 0 Å². The third-order valence-corrected chi connectivity index (χ3v) is 7.60. The van der Waals surface area contributed by atoms with Crippen molar-refractivity contribution in [1.82, 2.24) is 0 Å². The summed E-state index contributed by atoms with van der Waals surface area (Å²) in [5.74, 6) is 0.309. The van der Waals surface area contributed by atoms with Crippen molar-refractivity contribution in [3.05, 3.63) is 23.3 Å². The van der Waals surface area contributed by atoms with Crippen molar-refractivity contribution in [3.8, 4) is 11.5 Å². The van der Waals surface area contributed by atoms with E-state index in [0.717, 1.165) is 25.7 Å². The Morgan fingerprint density at radius 2 is 1.73 bits per heavy atom. The summed E-state index contributed by atoms with van der Waals surface area (Å²) in [4.78, 5) is 11.5. The highest BCUT2D eigenvalue weighted by Gasteiger charge is 2.57. The zero-order valence-corrected chi connectivity index (χ0v) is 16.4. The molecule has 2 fully saturated rings. The van der Waals surface area contributed by atoms with Crippen LogP contribution in [0.3, 0.4) is 0 Å². The molecule has 2 saturated carbocycles. The highest BCUT2D eigenvalue weighted by molar-refractivity contribution is 5.83. The second-order valence-corrected chi connectivity index (χ2v) is 9.67. The quantitative estimate of drug-likeness (QED) is 0.550. The first-order valence-corrected chi connectivity index (χ1v) is 9.74. The molecular formula is C22H32O4. The fraction of sp³-hybridized carbons (Fsp3) is 0.682. The molecule has 4 nitrogen and oxygen atoms in total. The van der Waals surface area contributed by atoms with E-state index in [0.29, 0.717) is 24.2 Å². The van der Waals surface area contributed by atoms with Crippen LogP contribution in [-0.4, -0.2) is 27.2 Å². The van der Waals surface area contributed by atoms with Crippen molar-refractivity contribution < 1.29 is 20.1 Å². The van der Waals surface area contributed by atoms with Gasteiger partial charge in [0, 0.05) is 5.56 Å². The summed E-state index contributed by atoms with van der Waals surface area (Å²) in [6.45, 7) is 8.82. The van der Waals surface area contributed by atoms with Gasteiger partial charge >= 0.3 is 0 Å². The number of carbonyl (C=O) groups is 1. The molecule has 0 bridgehead atoms. The summed E-state index contributed by atoms with van der Waals surface area (Å²) < 4.78 is 0. The molecular weight excluding hydrogens is 328 g/mol. The Labute approximate surface area is 156 Å². The van der Waals surface area contributed by atoms with Gasteiger partial charge in [-0.1, -0.05) is 27.2 Å². The Morgan fingerprint density at radius 1 is 1.08 bits per heavy atom. The highest BCUT2D eigenvalue weighted by atomic mass is 16.3. The SMILES string of the molecule is CC1(C)CCC[C@@]2(C)C1CC[C@@](C)(O)[C@@H]2Cc1c(O)ccc(O)c1C=O. The van der Waals surface area contributed by atoms with Crippen molar-refractivity contribution in [2.24, 2.45) is 22.7 Å². The van der Waals surface area contributed by atoms with Gasteiger partial charge in [0.25, 0.3) is 0 Å². The number of benzene rings is 1. The van der Waals surface area contributed by atoms with E-state index >= 15 is 0 Å². The number of phenolic OH excluding ortho intramolecular Hbond substituents is 2. The summed E-state index contributed by atoms with van der Waals surface area (Å²) in [5, 5.41) is 31.7. The smallest absolute Gasteiger partial charge is 0.154 e. The van der Waals surface area contributed by atoms with Crippen LogP contribution in [0.25, 0.3) is 0 Å². The fourth-order valence-corrected chi connectivity index (χ4v) is 6.27. The molecule has 0 heterocycles. The van der Waals surface area contributed by atoms with E-state index in [4.69, 9.17) is 0 Å². The molecule has 0 aromatic heterocycles. The number of hydrogen-bond acceptors (Lipinski definition) is 4. The van der Waals surface area contributed by atoms with Crippen LogP contribution in [-0.2, 0) is 6.42 Å². The lowest BCUT2D eigenvalue weighted by Gasteiger charge is -2.61. The molecule has 2 aliphatic carbocycles. The maximum atomic E-state index is 11.5. The van der Waals surface area contributed by atoms with E-state index in [9.17, 15) is 20.1 Å². The molecule has 26 heavy (non-hydrogen) atoms. The summed E-state index contributed by atoms with van der Waals surface area (Å²) in [6, 6.07) is 2.77. The Morgan fingerprint density at radius 3 is 2.38 bits per heavy atom. The van der Waals surface area contributed by atoms with E-state index < -0.39 is 5.60 Å². The first-order chi connectivity index (χ1) is 12.0. The lowest BCUT2D eigenvalue weighted by Crippen LogP contribution is -2.58. The summed E-state index contributed by atoms with van der Waals surface area (Å²) in [7, 11) is 0. The minimum atomic E-state index is -0.864. The molecule has 0 amide bonds. The molecule has 0 spiro atoms. The van der Waals surface area contributed by atoms with Crippen LogP contribution in [0.15, 0.2) is 12.1 Å². The van der Waals surface area contributed by atoms with Gasteiger partial charge < -0.3 is 15.3 Å². The molecule has 1 unspecified atom stereocenters. The van der Waals surface area contributed by atoms with Crippen molar-refractivity contribution in [3.63, 3.8) is 0 Å². The molecule has 2 aliphatic rings. The number of fused-ring (bicyclic) bond motifs is 1. The van der Waals surface area contributed by atoms with Crippen LogP contribution < -0.4 is 0 Å². The van der Waals surface area contributed by atoms with Crippen LogP contribution in [0.4, 0.5) is 0 Å². The molecule has 144 valence electrons. The molecule has 4 heteroatoms. The zero-order valence-electron chi connectivity index (χ0n) is 16.4. The minimum Gasteiger partial charge on any atom is -0.508 e. The van der Waals surface area contributed by atoms with Gasteiger partial charge in [0.05, 0.1) is 11.2 Å². The largest absolute Gasteiger partial charge is 0.508 e. The molecule has 0 radical (unpaired) electrons. The fourth-order valence-electron chi connectivity index (χ4n) is 6.27. The second kappa shape index (κ2) is 6.26. The minimum absolute atomic E-state index is 0.0153. The predicted molar refractivity (Wildman–Crippen MR) is 101 cm³/mol. The number of aldehydes is 1. The van der Waals surface area contributed by atoms with Gasteiger partial charge in [0.1, 0.15) is 11.5 Å². The molecule has 3 N–H and O–H groups in total. The monoisotopic (exact) mass is 360 g/mol. The predicted octanol–water partition coefficient (Wildman–Crippen LogP) is 4.45. The van der Waals surface area contributed by atoms with E-state index in [1.165, 1.54) is 18.6 Å². The van der Waals surface area contributed by atoms with E-state index in [2.05, 4.69) is 20.8 Å². The molecule has 3 rings (SSSR count). The number of phenols is 2. The van der Waals surface area contributed by atoms with E-state index in [-0.39, 0.29) is 33.8 Å². The zero-order chi connectivity index (χ0) is 19.3.